The van der Waals surface area contributed by atoms with Crippen molar-refractivity contribution >= 4 is 11.6 Å². The first-order valence-corrected chi connectivity index (χ1v) is 7.73. The smallest absolute Gasteiger partial charge is 0.257 e. The second kappa shape index (κ2) is 8.60. The summed E-state index contributed by atoms with van der Waals surface area (Å²) in [6.07, 6.45) is 2.54. The molecule has 0 aromatic heterocycles. The van der Waals surface area contributed by atoms with Crippen LogP contribution in [0.15, 0.2) is 18.2 Å². The molecule has 1 saturated heterocycles. The quantitative estimate of drug-likeness (QED) is 0.594. The number of hydrogen-bond acceptors (Lipinski definition) is 5. The Labute approximate surface area is 130 Å². The molecule has 1 heterocycles. The summed E-state index contributed by atoms with van der Waals surface area (Å²) in [4.78, 5) is 11.6. The van der Waals surface area contributed by atoms with Crippen molar-refractivity contribution in [3.8, 4) is 5.75 Å². The van der Waals surface area contributed by atoms with Crippen molar-refractivity contribution in [1.82, 2.24) is 5.32 Å². The number of hydrogen-bond donors (Lipinski definition) is 2. The zero-order chi connectivity index (χ0) is 15.8. The van der Waals surface area contributed by atoms with Gasteiger partial charge in [-0.3, -0.25) is 4.79 Å². The van der Waals surface area contributed by atoms with E-state index in [0.29, 0.717) is 31.2 Å². The standard InChI is InChI=1S/C16H24N2O4/c1-2-3-7-18-15(19)11-22-14-6-5-12(10-13(14)17)16-20-8-4-9-21-16/h5-6,10,16H,2-4,7-9,11,17H2,1H3,(H,18,19). The van der Waals surface area contributed by atoms with Gasteiger partial charge in [0.2, 0.25) is 0 Å². The molecule has 1 fully saturated rings. The number of carbonyl (C=O) groups is 1. The van der Waals surface area contributed by atoms with E-state index in [1.54, 1.807) is 12.1 Å². The van der Waals surface area contributed by atoms with E-state index < -0.39 is 0 Å². The number of nitrogens with two attached hydrogens (primary N) is 1. The number of rotatable bonds is 7. The Kier molecular flexibility index (Phi) is 6.48. The van der Waals surface area contributed by atoms with E-state index in [0.717, 1.165) is 24.8 Å². The molecule has 0 saturated carbocycles. The second-order valence-corrected chi connectivity index (χ2v) is 5.22. The number of nitrogens with one attached hydrogen (secondary N) is 1. The largest absolute Gasteiger partial charge is 0.482 e. The van der Waals surface area contributed by atoms with E-state index >= 15 is 0 Å². The van der Waals surface area contributed by atoms with Crippen LogP contribution in [0.5, 0.6) is 5.75 Å². The molecular weight excluding hydrogens is 284 g/mol. The predicted octanol–water partition coefficient (Wildman–Crippen LogP) is 2.00. The fourth-order valence-corrected chi connectivity index (χ4v) is 2.12. The van der Waals surface area contributed by atoms with Gasteiger partial charge in [0.25, 0.3) is 5.91 Å². The van der Waals surface area contributed by atoms with Crippen LogP contribution in [0.25, 0.3) is 0 Å². The first kappa shape index (κ1) is 16.6. The molecule has 1 aromatic rings. The summed E-state index contributed by atoms with van der Waals surface area (Å²) in [7, 11) is 0. The van der Waals surface area contributed by atoms with Gasteiger partial charge in [0.1, 0.15) is 5.75 Å². The normalized spacial score (nSPS) is 15.5. The van der Waals surface area contributed by atoms with Crippen LogP contribution in [0.4, 0.5) is 5.69 Å². The highest BCUT2D eigenvalue weighted by Gasteiger charge is 2.17. The SMILES string of the molecule is CCCCNC(=O)COc1ccc(C2OCCCO2)cc1N. The Balaban J connectivity index is 1.85. The monoisotopic (exact) mass is 308 g/mol. The zero-order valence-corrected chi connectivity index (χ0v) is 13.0. The molecule has 0 bridgehead atoms. The number of carbonyl (C=O) groups excluding carboxylic acids is 1. The molecule has 0 unspecified atom stereocenters. The van der Waals surface area contributed by atoms with Crippen LogP contribution in [-0.2, 0) is 14.3 Å². The molecule has 6 nitrogen and oxygen atoms in total. The molecule has 0 atom stereocenters. The summed E-state index contributed by atoms with van der Waals surface area (Å²) in [5.41, 5.74) is 7.30. The Morgan fingerprint density at radius 3 is 2.86 bits per heavy atom. The third-order valence-electron chi connectivity index (χ3n) is 3.34. The van der Waals surface area contributed by atoms with Gasteiger partial charge in [-0.25, -0.2) is 0 Å². The molecule has 1 amide bonds. The van der Waals surface area contributed by atoms with Gasteiger partial charge in [0, 0.05) is 12.1 Å². The number of benzene rings is 1. The van der Waals surface area contributed by atoms with Crippen molar-refractivity contribution < 1.29 is 19.0 Å². The third kappa shape index (κ3) is 4.89. The van der Waals surface area contributed by atoms with E-state index in [-0.39, 0.29) is 18.8 Å². The molecule has 0 aliphatic carbocycles. The molecule has 1 aromatic carbocycles. The molecule has 1 aliphatic rings. The van der Waals surface area contributed by atoms with Crippen LogP contribution in [0.1, 0.15) is 38.0 Å². The Morgan fingerprint density at radius 2 is 2.18 bits per heavy atom. The van der Waals surface area contributed by atoms with Crippen molar-refractivity contribution in [2.45, 2.75) is 32.5 Å². The number of amides is 1. The van der Waals surface area contributed by atoms with Crippen molar-refractivity contribution in [2.75, 3.05) is 32.1 Å². The summed E-state index contributed by atoms with van der Waals surface area (Å²) in [6, 6.07) is 5.35. The third-order valence-corrected chi connectivity index (χ3v) is 3.34. The second-order valence-electron chi connectivity index (χ2n) is 5.22. The summed E-state index contributed by atoms with van der Waals surface area (Å²) in [5, 5.41) is 2.79. The highest BCUT2D eigenvalue weighted by molar-refractivity contribution is 5.77. The molecular formula is C16H24N2O4. The lowest BCUT2D eigenvalue weighted by atomic mass is 10.1. The lowest BCUT2D eigenvalue weighted by Gasteiger charge is -2.24. The fraction of sp³-hybridized carbons (Fsp3) is 0.562. The van der Waals surface area contributed by atoms with Gasteiger partial charge in [-0.15, -0.1) is 0 Å². The van der Waals surface area contributed by atoms with Crippen molar-refractivity contribution in [2.24, 2.45) is 0 Å². The summed E-state index contributed by atoms with van der Waals surface area (Å²) in [6.45, 7) is 4.07. The first-order valence-electron chi connectivity index (χ1n) is 7.73. The maximum Gasteiger partial charge on any atom is 0.257 e. The summed E-state index contributed by atoms with van der Waals surface area (Å²) in [5.74, 6) is 0.348. The van der Waals surface area contributed by atoms with E-state index in [1.165, 1.54) is 0 Å². The topological polar surface area (TPSA) is 82.8 Å². The van der Waals surface area contributed by atoms with Crippen molar-refractivity contribution in [1.29, 1.82) is 0 Å². The number of ether oxygens (including phenoxy) is 3. The van der Waals surface area contributed by atoms with Crippen molar-refractivity contribution in [3.63, 3.8) is 0 Å². The van der Waals surface area contributed by atoms with Crippen LogP contribution in [0.3, 0.4) is 0 Å². The molecule has 2 rings (SSSR count). The lowest BCUT2D eigenvalue weighted by molar-refractivity contribution is -0.183. The van der Waals surface area contributed by atoms with E-state index in [2.05, 4.69) is 12.2 Å². The average molecular weight is 308 g/mol. The highest BCUT2D eigenvalue weighted by atomic mass is 16.7. The van der Waals surface area contributed by atoms with E-state index in [1.807, 2.05) is 6.07 Å². The van der Waals surface area contributed by atoms with Crippen LogP contribution >= 0.6 is 0 Å². The van der Waals surface area contributed by atoms with Crippen LogP contribution in [0.2, 0.25) is 0 Å². The molecule has 6 heteroatoms. The van der Waals surface area contributed by atoms with Crippen LogP contribution < -0.4 is 15.8 Å². The van der Waals surface area contributed by atoms with Gasteiger partial charge in [0.15, 0.2) is 12.9 Å². The average Bonchev–Trinajstić information content (AvgIpc) is 2.55. The number of anilines is 1. The van der Waals surface area contributed by atoms with Gasteiger partial charge < -0.3 is 25.3 Å². The molecule has 3 N–H and O–H groups in total. The van der Waals surface area contributed by atoms with E-state index in [9.17, 15) is 4.79 Å². The minimum atomic E-state index is -0.373. The summed E-state index contributed by atoms with van der Waals surface area (Å²) < 4.78 is 16.5. The maximum absolute atomic E-state index is 11.6. The molecule has 122 valence electrons. The van der Waals surface area contributed by atoms with Crippen LogP contribution in [0, 0.1) is 0 Å². The number of unbranched alkanes of at least 4 members (excludes halogenated alkanes) is 1. The first-order chi connectivity index (χ1) is 10.7. The molecule has 0 spiro atoms. The molecule has 0 radical (unpaired) electrons. The minimum Gasteiger partial charge on any atom is -0.482 e. The minimum absolute atomic E-state index is 0.0380. The zero-order valence-electron chi connectivity index (χ0n) is 13.0. The predicted molar refractivity (Wildman–Crippen MR) is 83.5 cm³/mol. The van der Waals surface area contributed by atoms with Gasteiger partial charge in [-0.2, -0.15) is 0 Å². The maximum atomic E-state index is 11.6. The lowest BCUT2D eigenvalue weighted by Crippen LogP contribution is -2.29. The Hall–Kier alpha value is -1.79. The molecule has 1 aliphatic heterocycles. The van der Waals surface area contributed by atoms with Gasteiger partial charge in [0.05, 0.1) is 18.9 Å². The van der Waals surface area contributed by atoms with E-state index in [4.69, 9.17) is 19.9 Å². The fourth-order valence-electron chi connectivity index (χ4n) is 2.12. The van der Waals surface area contributed by atoms with Gasteiger partial charge >= 0.3 is 0 Å². The molecule has 22 heavy (non-hydrogen) atoms. The Morgan fingerprint density at radius 1 is 1.41 bits per heavy atom. The van der Waals surface area contributed by atoms with Gasteiger partial charge in [-0.05, 0) is 25.0 Å². The van der Waals surface area contributed by atoms with Gasteiger partial charge in [-0.1, -0.05) is 19.4 Å². The highest BCUT2D eigenvalue weighted by Crippen LogP contribution is 2.29. The van der Waals surface area contributed by atoms with Crippen LogP contribution in [-0.4, -0.2) is 32.3 Å². The summed E-state index contributed by atoms with van der Waals surface area (Å²) >= 11 is 0. The number of nitrogen functional groups attached to an aromatic ring is 1. The Bertz CT molecular complexity index is 487. The van der Waals surface area contributed by atoms with Crippen molar-refractivity contribution in [3.05, 3.63) is 23.8 Å².